The maximum Gasteiger partial charge on any atom is 0.233 e. The Labute approximate surface area is 131 Å². The largest absolute Gasteiger partial charge is 0.471 e. The Bertz CT molecular complexity index is 541. The van der Waals surface area contributed by atoms with Crippen LogP contribution in [0.3, 0.4) is 0 Å². The van der Waals surface area contributed by atoms with Crippen molar-refractivity contribution < 1.29 is 9.53 Å². The van der Waals surface area contributed by atoms with Crippen LogP contribution in [0.1, 0.15) is 37.8 Å². The summed E-state index contributed by atoms with van der Waals surface area (Å²) in [5, 5.41) is 8.06. The summed E-state index contributed by atoms with van der Waals surface area (Å²) in [6.07, 6.45) is 9.14. The minimum Gasteiger partial charge on any atom is -0.471 e. The van der Waals surface area contributed by atoms with Crippen LogP contribution < -0.4 is 4.74 Å². The number of amides is 1. The number of aryl methyl sites for hydroxylation is 1. The lowest BCUT2D eigenvalue weighted by Crippen LogP contribution is -2.46. The second-order valence-electron chi connectivity index (χ2n) is 6.16. The minimum absolute atomic E-state index is 0.0221. The Morgan fingerprint density at radius 1 is 1.27 bits per heavy atom. The first-order valence-electron chi connectivity index (χ1n) is 8.13. The quantitative estimate of drug-likeness (QED) is 0.805. The molecule has 1 aliphatic carbocycles. The van der Waals surface area contributed by atoms with Crippen LogP contribution in [0.25, 0.3) is 0 Å². The highest BCUT2D eigenvalue weighted by Gasteiger charge is 2.29. The SMILES string of the molecule is Cc1ccc(O[C@@H]2CCCN(C(=O)[C@@H]3CC=CCC3)C2)nn1. The first-order chi connectivity index (χ1) is 10.7. The van der Waals surface area contributed by atoms with Crippen molar-refractivity contribution in [2.45, 2.75) is 45.1 Å². The van der Waals surface area contributed by atoms with Gasteiger partial charge in [-0.15, -0.1) is 5.10 Å². The van der Waals surface area contributed by atoms with E-state index < -0.39 is 0 Å². The molecule has 1 aliphatic heterocycles. The normalized spacial score (nSPS) is 25.0. The van der Waals surface area contributed by atoms with E-state index in [0.717, 1.165) is 44.3 Å². The summed E-state index contributed by atoms with van der Waals surface area (Å²) in [7, 11) is 0. The van der Waals surface area contributed by atoms with Gasteiger partial charge in [-0.05, 0) is 45.1 Å². The minimum atomic E-state index is 0.0221. The maximum absolute atomic E-state index is 12.6. The van der Waals surface area contributed by atoms with Crippen LogP contribution >= 0.6 is 0 Å². The molecule has 0 aromatic carbocycles. The molecule has 0 spiro atoms. The van der Waals surface area contributed by atoms with E-state index in [1.54, 1.807) is 0 Å². The molecule has 0 saturated carbocycles. The van der Waals surface area contributed by atoms with Crippen molar-refractivity contribution in [3.05, 3.63) is 30.0 Å². The van der Waals surface area contributed by atoms with Gasteiger partial charge in [-0.25, -0.2) is 0 Å². The third-order valence-electron chi connectivity index (χ3n) is 4.37. The van der Waals surface area contributed by atoms with Crippen molar-refractivity contribution >= 4 is 5.91 Å². The zero-order chi connectivity index (χ0) is 15.4. The number of carbonyl (C=O) groups excluding carboxylic acids is 1. The molecule has 5 nitrogen and oxygen atoms in total. The van der Waals surface area contributed by atoms with E-state index in [4.69, 9.17) is 4.74 Å². The lowest BCUT2D eigenvalue weighted by atomic mass is 9.92. The van der Waals surface area contributed by atoms with Crippen molar-refractivity contribution in [2.75, 3.05) is 13.1 Å². The van der Waals surface area contributed by atoms with Gasteiger partial charge in [-0.2, -0.15) is 5.10 Å². The molecule has 2 heterocycles. The van der Waals surface area contributed by atoms with Crippen LogP contribution in [0.4, 0.5) is 0 Å². The van der Waals surface area contributed by atoms with Crippen molar-refractivity contribution in [1.29, 1.82) is 0 Å². The number of hydrogen-bond donors (Lipinski definition) is 0. The molecule has 1 fully saturated rings. The zero-order valence-corrected chi connectivity index (χ0v) is 13.1. The highest BCUT2D eigenvalue weighted by atomic mass is 16.5. The van der Waals surface area contributed by atoms with Crippen LogP contribution in [-0.2, 0) is 4.79 Å². The fraction of sp³-hybridized carbons (Fsp3) is 0.588. The Balaban J connectivity index is 1.57. The third kappa shape index (κ3) is 3.64. The molecule has 118 valence electrons. The van der Waals surface area contributed by atoms with Gasteiger partial charge in [0.05, 0.1) is 12.2 Å². The molecule has 22 heavy (non-hydrogen) atoms. The topological polar surface area (TPSA) is 55.3 Å². The zero-order valence-electron chi connectivity index (χ0n) is 13.1. The molecule has 5 heteroatoms. The predicted octanol–water partition coefficient (Wildman–Crippen LogP) is 2.51. The van der Waals surface area contributed by atoms with Gasteiger partial charge >= 0.3 is 0 Å². The molecular weight excluding hydrogens is 278 g/mol. The number of carbonyl (C=O) groups is 1. The number of hydrogen-bond acceptors (Lipinski definition) is 4. The predicted molar refractivity (Wildman–Crippen MR) is 83.5 cm³/mol. The van der Waals surface area contributed by atoms with Crippen LogP contribution in [-0.4, -0.2) is 40.2 Å². The number of ether oxygens (including phenoxy) is 1. The second-order valence-corrected chi connectivity index (χ2v) is 6.16. The van der Waals surface area contributed by atoms with E-state index in [0.29, 0.717) is 12.4 Å². The van der Waals surface area contributed by atoms with Crippen molar-refractivity contribution in [2.24, 2.45) is 5.92 Å². The molecule has 0 unspecified atom stereocenters. The molecule has 1 aromatic rings. The van der Waals surface area contributed by atoms with Gasteiger partial charge in [0, 0.05) is 18.5 Å². The van der Waals surface area contributed by atoms with Gasteiger partial charge in [0.25, 0.3) is 0 Å². The van der Waals surface area contributed by atoms with E-state index in [1.807, 2.05) is 24.0 Å². The van der Waals surface area contributed by atoms with E-state index in [-0.39, 0.29) is 17.9 Å². The Morgan fingerprint density at radius 3 is 2.91 bits per heavy atom. The number of aromatic nitrogens is 2. The summed E-state index contributed by atoms with van der Waals surface area (Å²) >= 11 is 0. The van der Waals surface area contributed by atoms with Crippen LogP contribution in [0, 0.1) is 12.8 Å². The highest BCUT2D eigenvalue weighted by Crippen LogP contribution is 2.23. The van der Waals surface area contributed by atoms with Crippen molar-refractivity contribution in [1.82, 2.24) is 15.1 Å². The smallest absolute Gasteiger partial charge is 0.233 e. The first-order valence-corrected chi connectivity index (χ1v) is 8.13. The molecule has 3 rings (SSSR count). The number of piperidine rings is 1. The molecule has 0 radical (unpaired) electrons. The summed E-state index contributed by atoms with van der Waals surface area (Å²) in [6.45, 7) is 3.41. The van der Waals surface area contributed by atoms with Crippen molar-refractivity contribution in [3.8, 4) is 5.88 Å². The summed E-state index contributed by atoms with van der Waals surface area (Å²) < 4.78 is 5.90. The fourth-order valence-corrected chi connectivity index (χ4v) is 3.13. The molecule has 0 bridgehead atoms. The number of likely N-dealkylation sites (tertiary alicyclic amines) is 1. The lowest BCUT2D eigenvalue weighted by Gasteiger charge is -2.35. The number of rotatable bonds is 3. The van der Waals surface area contributed by atoms with E-state index in [2.05, 4.69) is 22.3 Å². The highest BCUT2D eigenvalue weighted by molar-refractivity contribution is 5.79. The first kappa shape index (κ1) is 15.0. The summed E-state index contributed by atoms with van der Waals surface area (Å²) in [5.74, 6) is 0.987. The average Bonchev–Trinajstić information content (AvgIpc) is 2.57. The molecule has 1 amide bonds. The third-order valence-corrected chi connectivity index (χ3v) is 4.37. The molecule has 2 atom stereocenters. The van der Waals surface area contributed by atoms with E-state index in [9.17, 15) is 4.79 Å². The molecule has 0 N–H and O–H groups in total. The van der Waals surface area contributed by atoms with Crippen LogP contribution in [0.15, 0.2) is 24.3 Å². The van der Waals surface area contributed by atoms with Crippen molar-refractivity contribution in [3.63, 3.8) is 0 Å². The Kier molecular flexibility index (Phi) is 4.71. The van der Waals surface area contributed by atoms with Gasteiger partial charge in [-0.1, -0.05) is 12.2 Å². The van der Waals surface area contributed by atoms with Gasteiger partial charge in [0.1, 0.15) is 6.10 Å². The van der Waals surface area contributed by atoms with E-state index >= 15 is 0 Å². The van der Waals surface area contributed by atoms with Gasteiger partial charge in [0.2, 0.25) is 11.8 Å². The fourth-order valence-electron chi connectivity index (χ4n) is 3.13. The molecule has 1 aromatic heterocycles. The molecule has 1 saturated heterocycles. The lowest BCUT2D eigenvalue weighted by molar-refractivity contribution is -0.138. The molecule has 2 aliphatic rings. The average molecular weight is 301 g/mol. The van der Waals surface area contributed by atoms with Crippen LogP contribution in [0.2, 0.25) is 0 Å². The summed E-state index contributed by atoms with van der Waals surface area (Å²) in [5.41, 5.74) is 0.873. The number of nitrogens with zero attached hydrogens (tertiary/aromatic N) is 3. The van der Waals surface area contributed by atoms with Crippen LogP contribution in [0.5, 0.6) is 5.88 Å². The van der Waals surface area contributed by atoms with Gasteiger partial charge in [0.15, 0.2) is 0 Å². The Hall–Kier alpha value is -1.91. The second kappa shape index (κ2) is 6.90. The maximum atomic E-state index is 12.6. The van der Waals surface area contributed by atoms with E-state index in [1.165, 1.54) is 0 Å². The monoisotopic (exact) mass is 301 g/mol. The Morgan fingerprint density at radius 2 is 2.18 bits per heavy atom. The summed E-state index contributed by atoms with van der Waals surface area (Å²) in [4.78, 5) is 14.6. The van der Waals surface area contributed by atoms with Gasteiger partial charge in [-0.3, -0.25) is 4.79 Å². The standard InChI is InChI=1S/C17H23N3O2/c1-13-9-10-16(19-18-13)22-15-8-5-11-20(12-15)17(21)14-6-3-2-4-7-14/h2-3,9-10,14-15H,4-8,11-12H2,1H3/t14-,15-/m1/s1. The number of allylic oxidation sites excluding steroid dienone is 2. The summed E-state index contributed by atoms with van der Waals surface area (Å²) in [6, 6.07) is 3.73. The molecular formula is C17H23N3O2. The van der Waals surface area contributed by atoms with Gasteiger partial charge < -0.3 is 9.64 Å².